The van der Waals surface area contributed by atoms with E-state index in [-0.39, 0.29) is 17.9 Å². The van der Waals surface area contributed by atoms with Crippen LogP contribution in [0.25, 0.3) is 0 Å². The van der Waals surface area contributed by atoms with Gasteiger partial charge in [-0.25, -0.2) is 0 Å². The molecule has 1 amide bonds. The number of nitrogens with one attached hydrogen (secondary N) is 1. The summed E-state index contributed by atoms with van der Waals surface area (Å²) in [4.78, 5) is 12.3. The van der Waals surface area contributed by atoms with Crippen molar-refractivity contribution >= 4 is 11.6 Å². The zero-order valence-corrected chi connectivity index (χ0v) is 16.0. The summed E-state index contributed by atoms with van der Waals surface area (Å²) in [7, 11) is 0. The van der Waals surface area contributed by atoms with Crippen molar-refractivity contribution in [3.63, 3.8) is 0 Å². The van der Waals surface area contributed by atoms with Crippen LogP contribution in [0.3, 0.4) is 0 Å². The number of rotatable bonds is 6. The third kappa shape index (κ3) is 5.20. The minimum absolute atomic E-state index is 0.0367. The van der Waals surface area contributed by atoms with E-state index in [9.17, 15) is 4.79 Å². The minimum Gasteiger partial charge on any atom is -0.484 e. The summed E-state index contributed by atoms with van der Waals surface area (Å²) in [5, 5.41) is 7.14. The van der Waals surface area contributed by atoms with Gasteiger partial charge in [-0.1, -0.05) is 51.1 Å². The van der Waals surface area contributed by atoms with E-state index in [4.69, 9.17) is 4.74 Å². The number of aromatic nitrogens is 2. The maximum Gasteiger partial charge on any atom is 0.262 e. The van der Waals surface area contributed by atoms with Crippen LogP contribution in [0.5, 0.6) is 5.75 Å². The van der Waals surface area contributed by atoms with Crippen LogP contribution < -0.4 is 10.1 Å². The van der Waals surface area contributed by atoms with Gasteiger partial charge in [0, 0.05) is 18.1 Å². The summed E-state index contributed by atoms with van der Waals surface area (Å²) in [6.07, 6.45) is 3.63. The maximum atomic E-state index is 12.3. The highest BCUT2D eigenvalue weighted by Gasteiger charge is 2.13. The van der Waals surface area contributed by atoms with E-state index in [2.05, 4.69) is 31.2 Å². The van der Waals surface area contributed by atoms with Crippen LogP contribution in [0.4, 0.5) is 5.69 Å². The second kappa shape index (κ2) is 8.08. The first-order valence-electron chi connectivity index (χ1n) is 9.00. The number of hydrogen-bond donors (Lipinski definition) is 1. The van der Waals surface area contributed by atoms with Gasteiger partial charge in [-0.15, -0.1) is 0 Å². The summed E-state index contributed by atoms with van der Waals surface area (Å²) in [5.41, 5.74) is 3.08. The third-order valence-electron chi connectivity index (χ3n) is 4.27. The van der Waals surface area contributed by atoms with Crippen molar-refractivity contribution in [3.05, 3.63) is 78.1 Å². The molecule has 2 aromatic carbocycles. The van der Waals surface area contributed by atoms with E-state index in [1.54, 1.807) is 6.20 Å². The summed E-state index contributed by atoms with van der Waals surface area (Å²) < 4.78 is 7.44. The zero-order valence-electron chi connectivity index (χ0n) is 16.0. The Bertz CT molecular complexity index is 879. The summed E-state index contributed by atoms with van der Waals surface area (Å²) in [6.45, 7) is 7.05. The van der Waals surface area contributed by atoms with Gasteiger partial charge in [-0.3, -0.25) is 9.48 Å². The molecule has 0 fully saturated rings. The Morgan fingerprint density at radius 2 is 1.81 bits per heavy atom. The van der Waals surface area contributed by atoms with Crippen LogP contribution in [-0.4, -0.2) is 22.3 Å². The lowest BCUT2D eigenvalue weighted by Gasteiger charge is -2.19. The number of carbonyl (C=O) groups excluding carboxylic acids is 1. The van der Waals surface area contributed by atoms with Gasteiger partial charge in [0.05, 0.1) is 6.54 Å². The first kappa shape index (κ1) is 18.7. The van der Waals surface area contributed by atoms with Crippen molar-refractivity contribution < 1.29 is 9.53 Å². The molecule has 27 heavy (non-hydrogen) atoms. The van der Waals surface area contributed by atoms with Crippen LogP contribution in [0, 0.1) is 0 Å². The second-order valence-electron chi connectivity index (χ2n) is 7.47. The Morgan fingerprint density at radius 1 is 1.07 bits per heavy atom. The molecule has 0 unspecified atom stereocenters. The smallest absolute Gasteiger partial charge is 0.262 e. The molecule has 1 heterocycles. The van der Waals surface area contributed by atoms with Gasteiger partial charge < -0.3 is 10.1 Å². The molecule has 3 aromatic rings. The number of ether oxygens (including phenoxy) is 1. The molecule has 0 aliphatic rings. The number of carbonyl (C=O) groups is 1. The van der Waals surface area contributed by atoms with Gasteiger partial charge >= 0.3 is 0 Å². The molecule has 1 aromatic heterocycles. The van der Waals surface area contributed by atoms with Crippen molar-refractivity contribution in [2.24, 2.45) is 0 Å². The van der Waals surface area contributed by atoms with E-state index >= 15 is 0 Å². The predicted molar refractivity (Wildman–Crippen MR) is 107 cm³/mol. The molecule has 140 valence electrons. The van der Waals surface area contributed by atoms with Crippen molar-refractivity contribution in [1.82, 2.24) is 9.78 Å². The quantitative estimate of drug-likeness (QED) is 0.712. The molecule has 1 N–H and O–H groups in total. The van der Waals surface area contributed by atoms with Gasteiger partial charge in [-0.05, 0) is 40.8 Å². The van der Waals surface area contributed by atoms with Crippen LogP contribution in [0.15, 0.2) is 67.0 Å². The summed E-state index contributed by atoms with van der Waals surface area (Å²) in [6, 6.07) is 17.5. The molecule has 0 saturated carbocycles. The number of para-hydroxylation sites is 1. The first-order chi connectivity index (χ1) is 12.9. The SMILES string of the molecule is CC(C)(C)c1ccc(OCC(=O)Nc2ccccc2Cn2cccn2)cc1. The number of hydrogen-bond acceptors (Lipinski definition) is 3. The van der Waals surface area contributed by atoms with Gasteiger partial charge in [0.1, 0.15) is 5.75 Å². The Kier molecular flexibility index (Phi) is 5.60. The number of nitrogens with zero attached hydrogens (tertiary/aromatic N) is 2. The van der Waals surface area contributed by atoms with Gasteiger partial charge in [0.2, 0.25) is 0 Å². The lowest BCUT2D eigenvalue weighted by Crippen LogP contribution is -2.21. The van der Waals surface area contributed by atoms with Gasteiger partial charge in [0.25, 0.3) is 5.91 Å². The van der Waals surface area contributed by atoms with E-state index in [1.807, 2.05) is 65.5 Å². The average molecular weight is 363 g/mol. The molecule has 3 rings (SSSR count). The third-order valence-corrected chi connectivity index (χ3v) is 4.27. The van der Waals surface area contributed by atoms with Crippen LogP contribution in [0.1, 0.15) is 31.9 Å². The highest BCUT2D eigenvalue weighted by molar-refractivity contribution is 5.92. The normalized spacial score (nSPS) is 11.2. The molecule has 5 heteroatoms. The second-order valence-corrected chi connectivity index (χ2v) is 7.47. The fraction of sp³-hybridized carbons (Fsp3) is 0.273. The molecule has 5 nitrogen and oxygen atoms in total. The molecular formula is C22H25N3O2. The Hall–Kier alpha value is -3.08. The summed E-state index contributed by atoms with van der Waals surface area (Å²) >= 11 is 0. The molecule has 0 aliphatic carbocycles. The van der Waals surface area contributed by atoms with Crippen molar-refractivity contribution in [2.45, 2.75) is 32.7 Å². The first-order valence-corrected chi connectivity index (χ1v) is 9.00. The van der Waals surface area contributed by atoms with Crippen LogP contribution >= 0.6 is 0 Å². The van der Waals surface area contributed by atoms with Crippen molar-refractivity contribution in [1.29, 1.82) is 0 Å². The van der Waals surface area contributed by atoms with Crippen LogP contribution in [0.2, 0.25) is 0 Å². The Morgan fingerprint density at radius 3 is 2.48 bits per heavy atom. The van der Waals surface area contributed by atoms with E-state index in [0.29, 0.717) is 12.3 Å². The maximum absolute atomic E-state index is 12.3. The highest BCUT2D eigenvalue weighted by Crippen LogP contribution is 2.24. The largest absolute Gasteiger partial charge is 0.484 e. The fourth-order valence-corrected chi connectivity index (χ4v) is 2.73. The molecule has 0 atom stereocenters. The molecule has 0 saturated heterocycles. The van der Waals surface area contributed by atoms with Crippen molar-refractivity contribution in [3.8, 4) is 5.75 Å². The lowest BCUT2D eigenvalue weighted by molar-refractivity contribution is -0.118. The monoisotopic (exact) mass is 363 g/mol. The van der Waals surface area contributed by atoms with Gasteiger partial charge in [0.15, 0.2) is 6.61 Å². The van der Waals surface area contributed by atoms with E-state index in [0.717, 1.165) is 11.3 Å². The molecule has 0 bridgehead atoms. The topological polar surface area (TPSA) is 56.1 Å². The molecule has 0 spiro atoms. The Balaban J connectivity index is 1.58. The van der Waals surface area contributed by atoms with E-state index in [1.165, 1.54) is 5.56 Å². The molecule has 0 radical (unpaired) electrons. The highest BCUT2D eigenvalue weighted by atomic mass is 16.5. The van der Waals surface area contributed by atoms with Crippen LogP contribution in [-0.2, 0) is 16.8 Å². The summed E-state index contributed by atoms with van der Waals surface area (Å²) in [5.74, 6) is 0.491. The predicted octanol–water partition coefficient (Wildman–Crippen LogP) is 4.25. The fourth-order valence-electron chi connectivity index (χ4n) is 2.73. The number of anilines is 1. The zero-order chi connectivity index (χ0) is 19.3. The average Bonchev–Trinajstić information content (AvgIpc) is 3.14. The minimum atomic E-state index is -0.192. The Labute approximate surface area is 160 Å². The van der Waals surface area contributed by atoms with E-state index < -0.39 is 0 Å². The number of benzene rings is 2. The van der Waals surface area contributed by atoms with Crippen molar-refractivity contribution in [2.75, 3.05) is 11.9 Å². The molecule has 0 aliphatic heterocycles. The lowest BCUT2D eigenvalue weighted by atomic mass is 9.87. The standard InChI is InChI=1S/C22H25N3O2/c1-22(2,3)18-9-11-19(12-10-18)27-16-21(26)24-20-8-5-4-7-17(20)15-25-14-6-13-23-25/h4-14H,15-16H2,1-3H3,(H,24,26). The van der Waals surface area contributed by atoms with Gasteiger partial charge in [-0.2, -0.15) is 5.10 Å². The molecular weight excluding hydrogens is 338 g/mol. The number of amides is 1.